The number of halogens is 2. The standard InChI is InChI=1S/C14H16BrClN2OS/c1-2-5-17-7-14-18-11(9-20-14)8-19-13-4-3-10(15)6-12(13)16/h3-4,6,9,17H,2,5,7-8H2,1H3. The van der Waals surface area contributed by atoms with E-state index in [2.05, 4.69) is 33.2 Å². The lowest BCUT2D eigenvalue weighted by Crippen LogP contribution is -2.13. The largest absolute Gasteiger partial charge is 0.486 e. The van der Waals surface area contributed by atoms with Crippen LogP contribution in [0.25, 0.3) is 0 Å². The Kier molecular flexibility index (Phi) is 6.29. The molecule has 0 unspecified atom stereocenters. The highest BCUT2D eigenvalue weighted by molar-refractivity contribution is 9.10. The minimum Gasteiger partial charge on any atom is -0.486 e. The summed E-state index contributed by atoms with van der Waals surface area (Å²) in [5, 5.41) is 7.04. The van der Waals surface area contributed by atoms with Gasteiger partial charge in [-0.1, -0.05) is 34.5 Å². The first-order valence-electron chi connectivity index (χ1n) is 6.41. The first-order valence-corrected chi connectivity index (χ1v) is 8.46. The van der Waals surface area contributed by atoms with Gasteiger partial charge in [0.25, 0.3) is 0 Å². The number of hydrogen-bond acceptors (Lipinski definition) is 4. The molecule has 6 heteroatoms. The van der Waals surface area contributed by atoms with Crippen LogP contribution in [0.15, 0.2) is 28.1 Å². The van der Waals surface area contributed by atoms with Crippen LogP contribution in [0.1, 0.15) is 24.0 Å². The summed E-state index contributed by atoms with van der Waals surface area (Å²) in [6, 6.07) is 5.57. The minimum absolute atomic E-state index is 0.436. The molecule has 0 bridgehead atoms. The molecule has 0 aliphatic rings. The highest BCUT2D eigenvalue weighted by atomic mass is 79.9. The zero-order valence-corrected chi connectivity index (χ0v) is 14.3. The van der Waals surface area contributed by atoms with Crippen molar-refractivity contribution in [3.05, 3.63) is 43.8 Å². The minimum atomic E-state index is 0.436. The van der Waals surface area contributed by atoms with Crippen LogP contribution in [-0.2, 0) is 13.2 Å². The lowest BCUT2D eigenvalue weighted by Gasteiger charge is -2.06. The molecule has 3 nitrogen and oxygen atoms in total. The lowest BCUT2D eigenvalue weighted by atomic mass is 10.3. The van der Waals surface area contributed by atoms with Gasteiger partial charge in [-0.3, -0.25) is 0 Å². The second-order valence-corrected chi connectivity index (χ2v) is 6.54. The molecule has 0 amide bonds. The van der Waals surface area contributed by atoms with Crippen molar-refractivity contribution in [1.82, 2.24) is 10.3 Å². The molecule has 2 rings (SSSR count). The fourth-order valence-corrected chi connectivity index (χ4v) is 3.09. The molecule has 1 aromatic heterocycles. The highest BCUT2D eigenvalue weighted by Gasteiger charge is 2.05. The van der Waals surface area contributed by atoms with Crippen LogP contribution >= 0.6 is 38.9 Å². The van der Waals surface area contributed by atoms with Gasteiger partial charge in [-0.25, -0.2) is 4.98 Å². The maximum absolute atomic E-state index is 6.10. The van der Waals surface area contributed by atoms with E-state index in [1.54, 1.807) is 11.3 Å². The summed E-state index contributed by atoms with van der Waals surface area (Å²) in [4.78, 5) is 4.52. The van der Waals surface area contributed by atoms with Gasteiger partial charge in [-0.15, -0.1) is 11.3 Å². The SMILES string of the molecule is CCCNCc1nc(COc2ccc(Br)cc2Cl)cs1. The Labute approximate surface area is 136 Å². The molecule has 0 spiro atoms. The summed E-state index contributed by atoms with van der Waals surface area (Å²) in [5.74, 6) is 0.675. The number of thiazole rings is 1. The van der Waals surface area contributed by atoms with Crippen molar-refractivity contribution in [2.45, 2.75) is 26.5 Å². The molecular formula is C14H16BrClN2OS. The molecule has 2 aromatic rings. The Morgan fingerprint density at radius 2 is 2.30 bits per heavy atom. The van der Waals surface area contributed by atoms with Crippen molar-refractivity contribution < 1.29 is 4.74 Å². The zero-order chi connectivity index (χ0) is 14.4. The normalized spacial score (nSPS) is 10.8. The lowest BCUT2D eigenvalue weighted by molar-refractivity contribution is 0.302. The monoisotopic (exact) mass is 374 g/mol. The molecule has 0 aliphatic heterocycles. The van der Waals surface area contributed by atoms with Crippen LogP contribution in [0.3, 0.4) is 0 Å². The van der Waals surface area contributed by atoms with Gasteiger partial charge in [0.05, 0.1) is 10.7 Å². The number of benzene rings is 1. The smallest absolute Gasteiger partial charge is 0.138 e. The fourth-order valence-electron chi connectivity index (χ4n) is 1.61. The first kappa shape index (κ1) is 15.8. The average Bonchev–Trinajstić information content (AvgIpc) is 2.86. The van der Waals surface area contributed by atoms with Crippen LogP contribution in [0.2, 0.25) is 5.02 Å². The Bertz CT molecular complexity index is 562. The van der Waals surface area contributed by atoms with E-state index in [0.717, 1.165) is 34.7 Å². The van der Waals surface area contributed by atoms with E-state index in [1.165, 1.54) is 0 Å². The summed E-state index contributed by atoms with van der Waals surface area (Å²) < 4.78 is 6.63. The van der Waals surface area contributed by atoms with Gasteiger partial charge in [0.2, 0.25) is 0 Å². The van der Waals surface area contributed by atoms with Crippen molar-refractivity contribution in [2.75, 3.05) is 6.54 Å². The van der Waals surface area contributed by atoms with Gasteiger partial charge in [0.1, 0.15) is 17.4 Å². The van der Waals surface area contributed by atoms with Crippen molar-refractivity contribution >= 4 is 38.9 Å². The maximum atomic E-state index is 6.10. The summed E-state index contributed by atoms with van der Waals surface area (Å²) in [7, 11) is 0. The van der Waals surface area contributed by atoms with Crippen molar-refractivity contribution in [3.63, 3.8) is 0 Å². The molecule has 0 saturated heterocycles. The third kappa shape index (κ3) is 4.74. The number of aromatic nitrogens is 1. The number of nitrogens with one attached hydrogen (secondary N) is 1. The predicted molar refractivity (Wildman–Crippen MR) is 87.6 cm³/mol. The molecule has 1 heterocycles. The molecule has 1 N–H and O–H groups in total. The Morgan fingerprint density at radius 1 is 1.45 bits per heavy atom. The Morgan fingerprint density at radius 3 is 3.05 bits per heavy atom. The molecule has 0 fully saturated rings. The summed E-state index contributed by atoms with van der Waals surface area (Å²) >= 11 is 11.1. The maximum Gasteiger partial charge on any atom is 0.138 e. The van der Waals surface area contributed by atoms with Crippen molar-refractivity contribution in [2.24, 2.45) is 0 Å². The third-order valence-electron chi connectivity index (χ3n) is 2.57. The van der Waals surface area contributed by atoms with E-state index < -0.39 is 0 Å². The Balaban J connectivity index is 1.87. The number of ether oxygens (including phenoxy) is 1. The molecule has 1 aromatic carbocycles. The van der Waals surface area contributed by atoms with E-state index in [-0.39, 0.29) is 0 Å². The molecular weight excluding hydrogens is 360 g/mol. The van der Waals surface area contributed by atoms with Gasteiger partial charge in [0, 0.05) is 16.4 Å². The van der Waals surface area contributed by atoms with Crippen LogP contribution < -0.4 is 10.1 Å². The van der Waals surface area contributed by atoms with Crippen LogP contribution in [0, 0.1) is 0 Å². The van der Waals surface area contributed by atoms with Crippen LogP contribution in [0.5, 0.6) is 5.75 Å². The summed E-state index contributed by atoms with van der Waals surface area (Å²) in [6.45, 7) is 4.42. The summed E-state index contributed by atoms with van der Waals surface area (Å²) in [6.07, 6.45) is 1.13. The fraction of sp³-hybridized carbons (Fsp3) is 0.357. The van der Waals surface area contributed by atoms with Crippen LogP contribution in [-0.4, -0.2) is 11.5 Å². The van der Waals surface area contributed by atoms with Gasteiger partial charge >= 0.3 is 0 Å². The molecule has 20 heavy (non-hydrogen) atoms. The highest BCUT2D eigenvalue weighted by Crippen LogP contribution is 2.28. The molecule has 0 atom stereocenters. The van der Waals surface area contributed by atoms with E-state index >= 15 is 0 Å². The second kappa shape index (κ2) is 7.98. The zero-order valence-electron chi connectivity index (χ0n) is 11.2. The molecule has 0 saturated carbocycles. The molecule has 108 valence electrons. The third-order valence-corrected chi connectivity index (χ3v) is 4.26. The first-order chi connectivity index (χ1) is 9.69. The van der Waals surface area contributed by atoms with Gasteiger partial charge < -0.3 is 10.1 Å². The Hall–Kier alpha value is -0.620. The molecule has 0 aliphatic carbocycles. The topological polar surface area (TPSA) is 34.2 Å². The average molecular weight is 376 g/mol. The van der Waals surface area contributed by atoms with Gasteiger partial charge in [-0.05, 0) is 31.2 Å². The van der Waals surface area contributed by atoms with E-state index in [0.29, 0.717) is 17.4 Å². The second-order valence-electron chi connectivity index (χ2n) is 4.27. The van der Waals surface area contributed by atoms with E-state index in [9.17, 15) is 0 Å². The number of nitrogens with zero attached hydrogens (tertiary/aromatic N) is 1. The van der Waals surface area contributed by atoms with Gasteiger partial charge in [-0.2, -0.15) is 0 Å². The van der Waals surface area contributed by atoms with Crippen molar-refractivity contribution in [3.8, 4) is 5.75 Å². The van der Waals surface area contributed by atoms with Gasteiger partial charge in [0.15, 0.2) is 0 Å². The van der Waals surface area contributed by atoms with E-state index in [1.807, 2.05) is 23.6 Å². The predicted octanol–water partition coefficient (Wildman–Crippen LogP) is 4.64. The van der Waals surface area contributed by atoms with E-state index in [4.69, 9.17) is 16.3 Å². The number of rotatable bonds is 7. The van der Waals surface area contributed by atoms with Crippen molar-refractivity contribution in [1.29, 1.82) is 0 Å². The molecule has 0 radical (unpaired) electrons. The number of hydrogen-bond donors (Lipinski definition) is 1. The summed E-state index contributed by atoms with van der Waals surface area (Å²) in [5.41, 5.74) is 0.933. The van der Waals surface area contributed by atoms with Crippen LogP contribution in [0.4, 0.5) is 0 Å². The quantitative estimate of drug-likeness (QED) is 0.716.